The highest BCUT2D eigenvalue weighted by Gasteiger charge is 2.04. The van der Waals surface area contributed by atoms with E-state index in [9.17, 15) is 0 Å². The van der Waals surface area contributed by atoms with Gasteiger partial charge >= 0.3 is 0 Å². The second-order valence-corrected chi connectivity index (χ2v) is 4.64. The third kappa shape index (κ3) is 5.72. The summed E-state index contributed by atoms with van der Waals surface area (Å²) in [5.74, 6) is 0. The van der Waals surface area contributed by atoms with Crippen molar-refractivity contribution in [1.82, 2.24) is 0 Å². The van der Waals surface area contributed by atoms with Crippen molar-refractivity contribution < 1.29 is 0 Å². The average molecular weight is 244 g/mol. The van der Waals surface area contributed by atoms with Crippen molar-refractivity contribution in [3.63, 3.8) is 0 Å². The zero-order valence-electron chi connectivity index (χ0n) is 11.4. The van der Waals surface area contributed by atoms with Crippen LogP contribution in [0.3, 0.4) is 0 Å². The molecule has 0 bridgehead atoms. The lowest BCUT2D eigenvalue weighted by Gasteiger charge is -2.23. The van der Waals surface area contributed by atoms with Gasteiger partial charge in [0.25, 0.3) is 0 Å². The molecule has 0 aliphatic heterocycles. The Kier molecular flexibility index (Phi) is 7.72. The maximum absolute atomic E-state index is 8.73. The summed E-state index contributed by atoms with van der Waals surface area (Å²) < 4.78 is 0. The van der Waals surface area contributed by atoms with Gasteiger partial charge in [-0.3, -0.25) is 0 Å². The number of hydrogen-bond donors (Lipinski definition) is 0. The third-order valence-electron chi connectivity index (χ3n) is 3.15. The molecular weight excluding hydrogens is 220 g/mol. The molecule has 0 unspecified atom stereocenters. The Morgan fingerprint density at radius 2 is 1.72 bits per heavy atom. The van der Waals surface area contributed by atoms with Crippen LogP contribution in [0.25, 0.3) is 0 Å². The van der Waals surface area contributed by atoms with E-state index >= 15 is 0 Å². The van der Waals surface area contributed by atoms with Gasteiger partial charge in [-0.1, -0.05) is 50.8 Å². The van der Waals surface area contributed by atoms with Crippen LogP contribution in [0.5, 0.6) is 0 Å². The van der Waals surface area contributed by atoms with E-state index in [4.69, 9.17) is 5.26 Å². The molecule has 0 radical (unpaired) electrons. The van der Waals surface area contributed by atoms with Crippen molar-refractivity contribution in [3.05, 3.63) is 30.3 Å². The van der Waals surface area contributed by atoms with Crippen molar-refractivity contribution in [2.75, 3.05) is 18.0 Å². The number of unbranched alkanes of at least 4 members (excludes halogenated alkanes) is 4. The van der Waals surface area contributed by atoms with Gasteiger partial charge in [-0.2, -0.15) is 5.26 Å². The first-order valence-corrected chi connectivity index (χ1v) is 7.05. The zero-order chi connectivity index (χ0) is 13.1. The number of nitrogens with zero attached hydrogens (tertiary/aromatic N) is 2. The molecular formula is C16H24N2. The largest absolute Gasteiger partial charge is 0.371 e. The van der Waals surface area contributed by atoms with Crippen LogP contribution in [-0.4, -0.2) is 13.1 Å². The lowest BCUT2D eigenvalue weighted by molar-refractivity contribution is 0.618. The van der Waals surface area contributed by atoms with E-state index in [1.165, 1.54) is 37.8 Å². The summed E-state index contributed by atoms with van der Waals surface area (Å²) in [5, 5.41) is 8.73. The Morgan fingerprint density at radius 3 is 2.39 bits per heavy atom. The molecule has 0 heterocycles. The third-order valence-corrected chi connectivity index (χ3v) is 3.15. The number of nitriles is 1. The van der Waals surface area contributed by atoms with Crippen LogP contribution >= 0.6 is 0 Å². The van der Waals surface area contributed by atoms with Gasteiger partial charge in [0, 0.05) is 18.8 Å². The fourth-order valence-corrected chi connectivity index (χ4v) is 2.10. The Balaban J connectivity index is 2.39. The van der Waals surface area contributed by atoms with Crippen molar-refractivity contribution in [2.45, 2.75) is 45.4 Å². The molecule has 0 N–H and O–H groups in total. The van der Waals surface area contributed by atoms with Crippen LogP contribution in [0.2, 0.25) is 0 Å². The van der Waals surface area contributed by atoms with Crippen molar-refractivity contribution in [2.24, 2.45) is 0 Å². The maximum Gasteiger partial charge on any atom is 0.0640 e. The number of benzene rings is 1. The zero-order valence-corrected chi connectivity index (χ0v) is 11.4. The molecule has 0 aliphatic carbocycles. The molecule has 0 saturated heterocycles. The van der Waals surface area contributed by atoms with Gasteiger partial charge < -0.3 is 4.90 Å². The molecule has 2 nitrogen and oxygen atoms in total. The van der Waals surface area contributed by atoms with Crippen LogP contribution in [0.1, 0.15) is 45.4 Å². The van der Waals surface area contributed by atoms with E-state index in [1.54, 1.807) is 0 Å². The summed E-state index contributed by atoms with van der Waals surface area (Å²) in [6.45, 7) is 4.15. The first-order chi connectivity index (χ1) is 8.88. The molecule has 1 aromatic rings. The molecule has 0 fully saturated rings. The van der Waals surface area contributed by atoms with Crippen LogP contribution in [0, 0.1) is 11.3 Å². The van der Waals surface area contributed by atoms with Gasteiger partial charge in [0.05, 0.1) is 12.5 Å². The van der Waals surface area contributed by atoms with Crippen molar-refractivity contribution in [3.8, 4) is 6.07 Å². The van der Waals surface area contributed by atoms with Gasteiger partial charge in [0.1, 0.15) is 0 Å². The summed E-state index contributed by atoms with van der Waals surface area (Å²) >= 11 is 0. The minimum atomic E-state index is 0.601. The average Bonchev–Trinajstić information content (AvgIpc) is 2.43. The molecule has 0 saturated carbocycles. The summed E-state index contributed by atoms with van der Waals surface area (Å²) in [7, 11) is 0. The van der Waals surface area contributed by atoms with E-state index < -0.39 is 0 Å². The maximum atomic E-state index is 8.73. The molecule has 0 aromatic heterocycles. The first-order valence-electron chi connectivity index (χ1n) is 7.05. The quantitative estimate of drug-likeness (QED) is 0.603. The van der Waals surface area contributed by atoms with Gasteiger partial charge in [-0.25, -0.2) is 0 Å². The lowest BCUT2D eigenvalue weighted by atomic mass is 10.1. The predicted molar refractivity (Wildman–Crippen MR) is 77.6 cm³/mol. The van der Waals surface area contributed by atoms with E-state index in [0.29, 0.717) is 6.42 Å². The highest BCUT2D eigenvalue weighted by molar-refractivity contribution is 5.45. The smallest absolute Gasteiger partial charge is 0.0640 e. The molecule has 98 valence electrons. The Hall–Kier alpha value is -1.49. The van der Waals surface area contributed by atoms with Crippen LogP contribution in [0.15, 0.2) is 30.3 Å². The Bertz CT molecular complexity index is 340. The van der Waals surface area contributed by atoms with E-state index in [1.807, 2.05) is 6.07 Å². The Morgan fingerprint density at radius 1 is 1.00 bits per heavy atom. The monoisotopic (exact) mass is 244 g/mol. The summed E-state index contributed by atoms with van der Waals surface area (Å²) in [4.78, 5) is 2.33. The van der Waals surface area contributed by atoms with E-state index in [-0.39, 0.29) is 0 Å². The molecule has 0 atom stereocenters. The highest BCUT2D eigenvalue weighted by atomic mass is 15.1. The summed E-state index contributed by atoms with van der Waals surface area (Å²) in [6, 6.07) is 12.7. The molecule has 1 aromatic carbocycles. The topological polar surface area (TPSA) is 27.0 Å². The van der Waals surface area contributed by atoms with Gasteiger partial charge in [-0.05, 0) is 18.6 Å². The second kappa shape index (κ2) is 9.53. The highest BCUT2D eigenvalue weighted by Crippen LogP contribution is 2.15. The minimum Gasteiger partial charge on any atom is -0.371 e. The lowest BCUT2D eigenvalue weighted by Crippen LogP contribution is -2.25. The van der Waals surface area contributed by atoms with Crippen LogP contribution in [-0.2, 0) is 0 Å². The SMILES string of the molecule is CCCCCCCN(CCC#N)c1ccccc1. The molecule has 1 rings (SSSR count). The van der Waals surface area contributed by atoms with E-state index in [2.05, 4.69) is 42.2 Å². The molecule has 0 aliphatic rings. The van der Waals surface area contributed by atoms with Gasteiger partial charge in [-0.15, -0.1) is 0 Å². The number of rotatable bonds is 9. The van der Waals surface area contributed by atoms with Crippen molar-refractivity contribution >= 4 is 5.69 Å². The number of hydrogen-bond acceptors (Lipinski definition) is 2. The van der Waals surface area contributed by atoms with Gasteiger partial charge in [0.2, 0.25) is 0 Å². The minimum absolute atomic E-state index is 0.601. The fraction of sp³-hybridized carbons (Fsp3) is 0.562. The normalized spacial score (nSPS) is 10.0. The summed E-state index contributed by atoms with van der Waals surface area (Å²) in [6.07, 6.45) is 7.08. The van der Waals surface area contributed by atoms with Crippen LogP contribution < -0.4 is 4.90 Å². The summed E-state index contributed by atoms with van der Waals surface area (Å²) in [5.41, 5.74) is 1.24. The standard InChI is InChI=1S/C16H24N2/c1-2-3-4-5-9-14-18(15-10-13-17)16-11-7-6-8-12-16/h6-8,11-12H,2-5,9-10,14-15H2,1H3. The Labute approximate surface area is 111 Å². The van der Waals surface area contributed by atoms with Gasteiger partial charge in [0.15, 0.2) is 0 Å². The van der Waals surface area contributed by atoms with Crippen molar-refractivity contribution in [1.29, 1.82) is 5.26 Å². The molecule has 0 spiro atoms. The predicted octanol–water partition coefficient (Wildman–Crippen LogP) is 4.38. The van der Waals surface area contributed by atoms with Crippen LogP contribution in [0.4, 0.5) is 5.69 Å². The fourth-order valence-electron chi connectivity index (χ4n) is 2.10. The molecule has 2 heteroatoms. The molecule has 18 heavy (non-hydrogen) atoms. The first kappa shape index (κ1) is 14.6. The molecule has 0 amide bonds. The van der Waals surface area contributed by atoms with E-state index in [0.717, 1.165) is 13.1 Å². The number of para-hydroxylation sites is 1. The second-order valence-electron chi connectivity index (χ2n) is 4.64. The number of anilines is 1.